The van der Waals surface area contributed by atoms with Crippen LogP contribution in [-0.4, -0.2) is 36.1 Å². The molecule has 0 amide bonds. The molecule has 0 unspecified atom stereocenters. The quantitative estimate of drug-likeness (QED) is 0.767. The fourth-order valence-corrected chi connectivity index (χ4v) is 2.63. The topological polar surface area (TPSA) is 81.2 Å². The van der Waals surface area contributed by atoms with E-state index in [9.17, 15) is 8.42 Å². The van der Waals surface area contributed by atoms with Gasteiger partial charge in [0.25, 0.3) is 0 Å². The minimum atomic E-state index is -3.58. The van der Waals surface area contributed by atoms with Gasteiger partial charge in [-0.05, 0) is 6.92 Å². The van der Waals surface area contributed by atoms with Gasteiger partial charge in [0.05, 0.1) is 0 Å². The number of likely N-dealkylation sites (N-methyl/N-ethyl adjacent to an activating group) is 1. The third-order valence-electron chi connectivity index (χ3n) is 2.00. The third-order valence-corrected chi connectivity index (χ3v) is 3.82. The lowest BCUT2D eigenvalue weighted by molar-refractivity contribution is 0.493. The van der Waals surface area contributed by atoms with Gasteiger partial charge in [0.15, 0.2) is 5.82 Å². The maximum absolute atomic E-state index is 12.1. The van der Waals surface area contributed by atoms with Crippen LogP contribution in [0.15, 0.2) is 23.2 Å². The number of nitrogens with zero attached hydrogens (tertiary/aromatic N) is 3. The van der Waals surface area contributed by atoms with Crippen LogP contribution in [0.5, 0.6) is 0 Å². The highest BCUT2D eigenvalue weighted by Crippen LogP contribution is 2.19. The van der Waals surface area contributed by atoms with E-state index in [1.54, 1.807) is 14.0 Å². The Hall–Kier alpha value is -1.34. The molecule has 0 aliphatic carbocycles. The summed E-state index contributed by atoms with van der Waals surface area (Å²) in [5.74, 6) is 0.0102. The Bertz CT molecular complexity index is 504. The van der Waals surface area contributed by atoms with Crippen molar-refractivity contribution in [1.82, 2.24) is 14.1 Å². The van der Waals surface area contributed by atoms with Crippen molar-refractivity contribution >= 4 is 15.8 Å². The molecule has 0 atom stereocenters. The lowest BCUT2D eigenvalue weighted by Gasteiger charge is -2.16. The highest BCUT2D eigenvalue weighted by molar-refractivity contribution is 7.89. The summed E-state index contributed by atoms with van der Waals surface area (Å²) in [5, 5.41) is 3.81. The first-order chi connectivity index (χ1) is 7.25. The van der Waals surface area contributed by atoms with E-state index in [0.717, 1.165) is 5.57 Å². The molecule has 1 aromatic heterocycles. The second-order valence-corrected chi connectivity index (χ2v) is 5.78. The van der Waals surface area contributed by atoms with Crippen LogP contribution in [0, 0.1) is 0 Å². The second-order valence-electron chi connectivity index (χ2n) is 3.77. The maximum atomic E-state index is 12.1. The number of aryl methyl sites for hydroxylation is 1. The van der Waals surface area contributed by atoms with Crippen LogP contribution in [0.2, 0.25) is 0 Å². The zero-order valence-corrected chi connectivity index (χ0v) is 10.5. The largest absolute Gasteiger partial charge is 0.381 e. The first kappa shape index (κ1) is 12.7. The molecule has 1 heterocycles. The smallest absolute Gasteiger partial charge is 0.248 e. The monoisotopic (exact) mass is 244 g/mol. The van der Waals surface area contributed by atoms with Crippen molar-refractivity contribution in [3.8, 4) is 0 Å². The zero-order chi connectivity index (χ0) is 12.5. The molecule has 0 aromatic carbocycles. The van der Waals surface area contributed by atoms with Crippen molar-refractivity contribution in [2.75, 3.05) is 19.3 Å². The molecule has 0 saturated heterocycles. The summed E-state index contributed by atoms with van der Waals surface area (Å²) < 4.78 is 26.7. The fraction of sp³-hybridized carbons (Fsp3) is 0.444. The maximum Gasteiger partial charge on any atom is 0.248 e. The molecular formula is C9H16N4O2S. The van der Waals surface area contributed by atoms with Crippen LogP contribution in [0.3, 0.4) is 0 Å². The number of hydrogen-bond donors (Lipinski definition) is 1. The molecule has 6 nitrogen and oxygen atoms in total. The van der Waals surface area contributed by atoms with Gasteiger partial charge in [-0.15, -0.1) is 0 Å². The van der Waals surface area contributed by atoms with Gasteiger partial charge >= 0.3 is 0 Å². The summed E-state index contributed by atoms with van der Waals surface area (Å²) in [6.07, 6.45) is 1.39. The Morgan fingerprint density at radius 1 is 1.69 bits per heavy atom. The molecule has 90 valence electrons. The highest BCUT2D eigenvalue weighted by atomic mass is 32.2. The number of rotatable bonds is 4. The molecule has 0 fully saturated rings. The zero-order valence-electron chi connectivity index (χ0n) is 9.64. The van der Waals surface area contributed by atoms with Crippen LogP contribution in [0.4, 0.5) is 5.82 Å². The predicted octanol–water partition coefficient (Wildman–Crippen LogP) is 0.199. The van der Waals surface area contributed by atoms with Gasteiger partial charge in [-0.3, -0.25) is 4.68 Å². The molecule has 0 spiro atoms. The summed E-state index contributed by atoms with van der Waals surface area (Å²) in [6, 6.07) is 0. The SMILES string of the molecule is C=C(C)CN(C)S(=O)(=O)c1cn(C)nc1N. The third kappa shape index (κ3) is 2.42. The summed E-state index contributed by atoms with van der Waals surface area (Å²) in [4.78, 5) is 0.0266. The second kappa shape index (κ2) is 4.26. The molecule has 0 bridgehead atoms. The van der Waals surface area contributed by atoms with Gasteiger partial charge in [-0.2, -0.15) is 9.40 Å². The van der Waals surface area contributed by atoms with Crippen molar-refractivity contribution < 1.29 is 8.42 Å². The van der Waals surface area contributed by atoms with Gasteiger partial charge in [0, 0.05) is 26.8 Å². The minimum Gasteiger partial charge on any atom is -0.381 e. The number of sulfonamides is 1. The average Bonchev–Trinajstić information content (AvgIpc) is 2.44. The molecule has 7 heteroatoms. The first-order valence-corrected chi connectivity index (χ1v) is 6.09. The number of hydrogen-bond acceptors (Lipinski definition) is 4. The van der Waals surface area contributed by atoms with Gasteiger partial charge in [-0.25, -0.2) is 8.42 Å². The van der Waals surface area contributed by atoms with Crippen LogP contribution < -0.4 is 5.73 Å². The van der Waals surface area contributed by atoms with E-state index >= 15 is 0 Å². The molecule has 0 saturated carbocycles. The van der Waals surface area contributed by atoms with Gasteiger partial charge < -0.3 is 5.73 Å². The molecule has 2 N–H and O–H groups in total. The Balaban J connectivity index is 3.11. The molecular weight excluding hydrogens is 228 g/mol. The standard InChI is InChI=1S/C9H16N4O2S/c1-7(2)5-13(4)16(14,15)8-6-12(3)11-9(8)10/h6H,1,5H2,2-4H3,(H2,10,11). The molecule has 1 rings (SSSR count). The summed E-state index contributed by atoms with van der Waals surface area (Å²) >= 11 is 0. The lowest BCUT2D eigenvalue weighted by atomic mass is 10.4. The average molecular weight is 244 g/mol. The van der Waals surface area contributed by atoms with Gasteiger partial charge in [0.1, 0.15) is 4.90 Å². The van der Waals surface area contributed by atoms with Crippen molar-refractivity contribution in [2.45, 2.75) is 11.8 Å². The molecule has 0 radical (unpaired) electrons. The van der Waals surface area contributed by atoms with Crippen LogP contribution in [-0.2, 0) is 17.1 Å². The van der Waals surface area contributed by atoms with E-state index in [2.05, 4.69) is 11.7 Å². The van der Waals surface area contributed by atoms with Crippen molar-refractivity contribution in [3.05, 3.63) is 18.3 Å². The van der Waals surface area contributed by atoms with Crippen molar-refractivity contribution in [3.63, 3.8) is 0 Å². The molecule has 0 aliphatic heterocycles. The number of aromatic nitrogens is 2. The van der Waals surface area contributed by atoms with Crippen molar-refractivity contribution in [1.29, 1.82) is 0 Å². The number of anilines is 1. The van der Waals surface area contributed by atoms with Crippen LogP contribution >= 0.6 is 0 Å². The lowest BCUT2D eigenvalue weighted by Crippen LogP contribution is -2.28. The minimum absolute atomic E-state index is 0.0102. The van der Waals surface area contributed by atoms with E-state index in [1.807, 2.05) is 0 Å². The normalized spacial score (nSPS) is 12.0. The number of nitrogens with two attached hydrogens (primary N) is 1. The fourth-order valence-electron chi connectivity index (χ4n) is 1.32. The Kier molecular flexibility index (Phi) is 3.39. The van der Waals surface area contributed by atoms with Gasteiger partial charge in [0.2, 0.25) is 10.0 Å². The van der Waals surface area contributed by atoms with E-state index in [-0.39, 0.29) is 17.3 Å². The predicted molar refractivity (Wildman–Crippen MR) is 62.3 cm³/mol. The Morgan fingerprint density at radius 2 is 2.25 bits per heavy atom. The van der Waals surface area contributed by atoms with Crippen LogP contribution in [0.1, 0.15) is 6.92 Å². The van der Waals surface area contributed by atoms with E-state index < -0.39 is 10.0 Å². The van der Waals surface area contributed by atoms with Gasteiger partial charge in [-0.1, -0.05) is 12.2 Å². The van der Waals surface area contributed by atoms with E-state index in [4.69, 9.17) is 5.73 Å². The Morgan fingerprint density at radius 3 is 2.62 bits per heavy atom. The van der Waals surface area contributed by atoms with E-state index in [0.29, 0.717) is 0 Å². The van der Waals surface area contributed by atoms with E-state index in [1.165, 1.54) is 22.2 Å². The summed E-state index contributed by atoms with van der Waals surface area (Å²) in [5.41, 5.74) is 6.29. The molecule has 16 heavy (non-hydrogen) atoms. The summed E-state index contributed by atoms with van der Waals surface area (Å²) in [6.45, 7) is 5.69. The van der Waals surface area contributed by atoms with Crippen LogP contribution in [0.25, 0.3) is 0 Å². The highest BCUT2D eigenvalue weighted by Gasteiger charge is 2.25. The number of nitrogen functional groups attached to an aromatic ring is 1. The molecule has 0 aliphatic rings. The Labute approximate surface area is 95.4 Å². The summed E-state index contributed by atoms with van der Waals surface area (Å²) in [7, 11) is -0.478. The first-order valence-electron chi connectivity index (χ1n) is 4.65. The molecule has 1 aromatic rings. The van der Waals surface area contributed by atoms with Crippen molar-refractivity contribution in [2.24, 2.45) is 7.05 Å².